The van der Waals surface area contributed by atoms with Crippen molar-refractivity contribution in [2.45, 2.75) is 25.1 Å². The maximum absolute atomic E-state index is 13.6. The third-order valence-corrected chi connectivity index (χ3v) is 3.95. The second kappa shape index (κ2) is 6.75. The predicted molar refractivity (Wildman–Crippen MR) is 73.9 cm³/mol. The highest BCUT2D eigenvalue weighted by Crippen LogP contribution is 2.22. The number of rotatable bonds is 6. The first-order chi connectivity index (χ1) is 8.51. The lowest BCUT2D eigenvalue weighted by atomic mass is 10.1. The van der Waals surface area contributed by atoms with Gasteiger partial charge in [-0.2, -0.15) is 11.8 Å². The quantitative estimate of drug-likeness (QED) is 0.781. The topological polar surface area (TPSA) is 49.3 Å². The summed E-state index contributed by atoms with van der Waals surface area (Å²) in [7, 11) is 0. The normalized spacial score (nSPS) is 14.1. The van der Waals surface area contributed by atoms with Gasteiger partial charge < -0.3 is 10.4 Å². The van der Waals surface area contributed by atoms with Crippen molar-refractivity contribution in [1.29, 1.82) is 0 Å². The zero-order valence-corrected chi connectivity index (χ0v) is 11.6. The van der Waals surface area contributed by atoms with Crippen molar-refractivity contribution in [1.82, 2.24) is 0 Å². The molecule has 2 unspecified atom stereocenters. The number of benzene rings is 1. The molecule has 0 fully saturated rings. The Bertz CT molecular complexity index is 421. The standard InChI is InChI=1S/C13H18FNO2S/c1-8(12(7-16)18-3)15-11-6-4-5-10(14)13(11)9(2)17/h4-6,8,12,15-16H,7H2,1-3H3. The van der Waals surface area contributed by atoms with E-state index in [2.05, 4.69) is 5.32 Å². The molecule has 0 radical (unpaired) electrons. The van der Waals surface area contributed by atoms with Gasteiger partial charge in [0.25, 0.3) is 0 Å². The van der Waals surface area contributed by atoms with Crippen LogP contribution in [0.25, 0.3) is 0 Å². The van der Waals surface area contributed by atoms with Gasteiger partial charge in [-0.05, 0) is 32.2 Å². The summed E-state index contributed by atoms with van der Waals surface area (Å²) in [5, 5.41) is 12.3. The zero-order chi connectivity index (χ0) is 13.7. The second-order valence-electron chi connectivity index (χ2n) is 4.11. The molecular weight excluding hydrogens is 253 g/mol. The van der Waals surface area contributed by atoms with E-state index in [1.807, 2.05) is 13.2 Å². The molecule has 5 heteroatoms. The molecule has 0 saturated heterocycles. The van der Waals surface area contributed by atoms with Crippen molar-refractivity contribution in [3.8, 4) is 0 Å². The summed E-state index contributed by atoms with van der Waals surface area (Å²) >= 11 is 1.52. The van der Waals surface area contributed by atoms with Gasteiger partial charge in [0.05, 0.1) is 12.2 Å². The van der Waals surface area contributed by atoms with E-state index in [1.54, 1.807) is 12.1 Å². The highest BCUT2D eigenvalue weighted by Gasteiger charge is 2.19. The minimum atomic E-state index is -0.524. The molecule has 100 valence electrons. The fourth-order valence-corrected chi connectivity index (χ4v) is 2.40. The Morgan fingerprint density at radius 3 is 2.72 bits per heavy atom. The maximum atomic E-state index is 13.6. The van der Waals surface area contributed by atoms with E-state index in [0.29, 0.717) is 5.69 Å². The number of aliphatic hydroxyl groups excluding tert-OH is 1. The molecule has 1 aromatic rings. The Hall–Kier alpha value is -1.07. The Morgan fingerprint density at radius 2 is 2.22 bits per heavy atom. The molecule has 0 saturated carbocycles. The van der Waals surface area contributed by atoms with Gasteiger partial charge in [0.15, 0.2) is 5.78 Å². The van der Waals surface area contributed by atoms with Crippen molar-refractivity contribution < 1.29 is 14.3 Å². The van der Waals surface area contributed by atoms with Crippen LogP contribution in [0.2, 0.25) is 0 Å². The van der Waals surface area contributed by atoms with E-state index < -0.39 is 5.82 Å². The van der Waals surface area contributed by atoms with Crippen LogP contribution in [-0.2, 0) is 0 Å². The van der Waals surface area contributed by atoms with Crippen LogP contribution in [0, 0.1) is 5.82 Å². The number of carbonyl (C=O) groups is 1. The number of aliphatic hydroxyl groups is 1. The van der Waals surface area contributed by atoms with Gasteiger partial charge in [-0.15, -0.1) is 0 Å². The number of hydrogen-bond acceptors (Lipinski definition) is 4. The SMILES string of the molecule is CSC(CO)C(C)Nc1cccc(F)c1C(C)=O. The molecule has 0 heterocycles. The third kappa shape index (κ3) is 3.46. The Balaban J connectivity index is 2.97. The van der Waals surface area contributed by atoms with Gasteiger partial charge in [0.2, 0.25) is 0 Å². The van der Waals surface area contributed by atoms with Gasteiger partial charge in [0, 0.05) is 17.0 Å². The summed E-state index contributed by atoms with van der Waals surface area (Å²) in [6, 6.07) is 4.43. The Morgan fingerprint density at radius 1 is 1.56 bits per heavy atom. The molecule has 2 N–H and O–H groups in total. The number of Topliss-reactive ketones (excluding diaryl/α,β-unsaturated/α-hetero) is 1. The van der Waals surface area contributed by atoms with Gasteiger partial charge in [-0.25, -0.2) is 4.39 Å². The minimum Gasteiger partial charge on any atom is -0.395 e. The molecule has 1 aromatic carbocycles. The smallest absolute Gasteiger partial charge is 0.164 e. The van der Waals surface area contributed by atoms with Crippen LogP contribution in [0.1, 0.15) is 24.2 Å². The van der Waals surface area contributed by atoms with Crippen molar-refractivity contribution >= 4 is 23.2 Å². The minimum absolute atomic E-state index is 0.00641. The molecule has 0 aromatic heterocycles. The molecule has 18 heavy (non-hydrogen) atoms. The first kappa shape index (κ1) is 15.0. The van der Waals surface area contributed by atoms with Crippen LogP contribution in [-0.4, -0.2) is 35.0 Å². The lowest BCUT2D eigenvalue weighted by Crippen LogP contribution is -2.31. The lowest BCUT2D eigenvalue weighted by molar-refractivity contribution is 0.101. The predicted octanol–water partition coefficient (Wildman–Crippen LogP) is 2.55. The van der Waals surface area contributed by atoms with Gasteiger partial charge in [-0.3, -0.25) is 4.79 Å². The van der Waals surface area contributed by atoms with Crippen LogP contribution in [0.3, 0.4) is 0 Å². The van der Waals surface area contributed by atoms with Gasteiger partial charge in [0.1, 0.15) is 5.82 Å². The molecule has 2 atom stereocenters. The number of nitrogens with one attached hydrogen (secondary N) is 1. The van der Waals surface area contributed by atoms with E-state index in [-0.39, 0.29) is 29.2 Å². The number of carbonyl (C=O) groups excluding carboxylic acids is 1. The molecule has 0 amide bonds. The molecule has 0 aliphatic heterocycles. The molecule has 0 aliphatic carbocycles. The van der Waals surface area contributed by atoms with E-state index in [4.69, 9.17) is 0 Å². The summed E-state index contributed by atoms with van der Waals surface area (Å²) in [5.74, 6) is -0.836. The van der Waals surface area contributed by atoms with Gasteiger partial charge in [-0.1, -0.05) is 6.07 Å². The first-order valence-electron chi connectivity index (χ1n) is 5.70. The summed E-state index contributed by atoms with van der Waals surface area (Å²) < 4.78 is 13.6. The molecular formula is C13H18FNO2S. The number of thioether (sulfide) groups is 1. The number of anilines is 1. The van der Waals surface area contributed by atoms with Crippen molar-refractivity contribution in [3.05, 3.63) is 29.6 Å². The summed E-state index contributed by atoms with van der Waals surface area (Å²) in [4.78, 5) is 11.4. The van der Waals surface area contributed by atoms with Crippen molar-refractivity contribution in [3.63, 3.8) is 0 Å². The zero-order valence-electron chi connectivity index (χ0n) is 10.7. The Labute approximate surface area is 111 Å². The van der Waals surface area contributed by atoms with E-state index >= 15 is 0 Å². The second-order valence-corrected chi connectivity index (χ2v) is 5.19. The van der Waals surface area contributed by atoms with E-state index in [1.165, 1.54) is 24.8 Å². The lowest BCUT2D eigenvalue weighted by Gasteiger charge is -2.23. The monoisotopic (exact) mass is 271 g/mol. The van der Waals surface area contributed by atoms with Gasteiger partial charge >= 0.3 is 0 Å². The fourth-order valence-electron chi connectivity index (χ4n) is 1.78. The summed E-state index contributed by atoms with van der Waals surface area (Å²) in [6.45, 7) is 3.26. The van der Waals surface area contributed by atoms with Crippen LogP contribution in [0.5, 0.6) is 0 Å². The molecule has 3 nitrogen and oxygen atoms in total. The number of halogens is 1. The average molecular weight is 271 g/mol. The maximum Gasteiger partial charge on any atom is 0.164 e. The first-order valence-corrected chi connectivity index (χ1v) is 6.99. The van der Waals surface area contributed by atoms with Crippen LogP contribution >= 0.6 is 11.8 Å². The van der Waals surface area contributed by atoms with Crippen LogP contribution in [0.15, 0.2) is 18.2 Å². The average Bonchev–Trinajstić information content (AvgIpc) is 2.30. The molecule has 0 spiro atoms. The highest BCUT2D eigenvalue weighted by atomic mass is 32.2. The van der Waals surface area contributed by atoms with Crippen LogP contribution < -0.4 is 5.32 Å². The fraction of sp³-hybridized carbons (Fsp3) is 0.462. The third-order valence-electron chi connectivity index (χ3n) is 2.79. The van der Waals surface area contributed by atoms with E-state index in [0.717, 1.165) is 0 Å². The van der Waals surface area contributed by atoms with Crippen molar-refractivity contribution in [2.75, 3.05) is 18.2 Å². The highest BCUT2D eigenvalue weighted by molar-refractivity contribution is 7.99. The molecule has 0 bridgehead atoms. The van der Waals surface area contributed by atoms with Crippen molar-refractivity contribution in [2.24, 2.45) is 0 Å². The number of ketones is 1. The Kier molecular flexibility index (Phi) is 5.62. The van der Waals surface area contributed by atoms with Crippen LogP contribution in [0.4, 0.5) is 10.1 Å². The largest absolute Gasteiger partial charge is 0.395 e. The molecule has 0 aliphatic rings. The summed E-state index contributed by atoms with van der Waals surface area (Å²) in [6.07, 6.45) is 1.90. The number of hydrogen-bond donors (Lipinski definition) is 2. The summed E-state index contributed by atoms with van der Waals surface area (Å²) in [5.41, 5.74) is 0.546. The molecule has 1 rings (SSSR count). The van der Waals surface area contributed by atoms with E-state index in [9.17, 15) is 14.3 Å².